The Labute approximate surface area is 94.9 Å². The van der Waals surface area contributed by atoms with Gasteiger partial charge in [-0.1, -0.05) is 37.6 Å². The normalized spacial score (nSPS) is 11.8. The molecule has 0 fully saturated rings. The molecule has 4 nitrogen and oxygen atoms in total. The largest absolute Gasteiger partial charge is 0.449 e. The predicted octanol–water partition coefficient (Wildman–Crippen LogP) is 1.90. The quantitative estimate of drug-likeness (QED) is 0.566. The third kappa shape index (κ3) is 3.08. The van der Waals surface area contributed by atoms with Gasteiger partial charge in [-0.25, -0.2) is 4.79 Å². The van der Waals surface area contributed by atoms with Crippen LogP contribution >= 0.6 is 0 Å². The minimum absolute atomic E-state index is 0.0291. The third-order valence-corrected chi connectivity index (χ3v) is 2.33. The Kier molecular flexibility index (Phi) is 4.51. The summed E-state index contributed by atoms with van der Waals surface area (Å²) in [4.78, 5) is 10.2. The van der Waals surface area contributed by atoms with Crippen LogP contribution in [-0.2, 0) is 9.53 Å². The van der Waals surface area contributed by atoms with Gasteiger partial charge in [-0.2, -0.15) is 0 Å². The van der Waals surface area contributed by atoms with Gasteiger partial charge in [0.05, 0.1) is 0 Å². The lowest BCUT2D eigenvalue weighted by molar-refractivity contribution is 0.168. The summed E-state index contributed by atoms with van der Waals surface area (Å²) in [7, 11) is 0. The Balaban J connectivity index is 2.84. The van der Waals surface area contributed by atoms with E-state index in [1.807, 2.05) is 19.1 Å². The van der Waals surface area contributed by atoms with Crippen LogP contribution in [0, 0.1) is 5.41 Å². The van der Waals surface area contributed by atoms with Crippen molar-refractivity contribution in [1.82, 2.24) is 0 Å². The maximum absolute atomic E-state index is 10.2. The van der Waals surface area contributed by atoms with Crippen molar-refractivity contribution in [3.05, 3.63) is 35.4 Å². The molecule has 0 aromatic heterocycles. The second kappa shape index (κ2) is 5.90. The number of ether oxygens (including phenoxy) is 1. The SMILES string of the molecule is CCCC(O[C]=O)c1ccc(C(=N)N)cc1. The Morgan fingerprint density at radius 3 is 2.56 bits per heavy atom. The zero-order valence-electron chi connectivity index (χ0n) is 9.19. The lowest BCUT2D eigenvalue weighted by atomic mass is 10.0. The van der Waals surface area contributed by atoms with Crippen molar-refractivity contribution in [2.75, 3.05) is 0 Å². The van der Waals surface area contributed by atoms with Gasteiger partial charge in [0, 0.05) is 5.56 Å². The second-order valence-corrected chi connectivity index (χ2v) is 3.51. The second-order valence-electron chi connectivity index (χ2n) is 3.51. The van der Waals surface area contributed by atoms with Gasteiger partial charge >= 0.3 is 6.47 Å². The number of carbonyl (C=O) groups excluding carboxylic acids is 1. The summed E-state index contributed by atoms with van der Waals surface area (Å²) in [5.74, 6) is 0.0291. The molecule has 1 aromatic rings. The summed E-state index contributed by atoms with van der Waals surface area (Å²) < 4.78 is 4.88. The lowest BCUT2D eigenvalue weighted by Crippen LogP contribution is -2.11. The van der Waals surface area contributed by atoms with Crippen molar-refractivity contribution in [2.45, 2.75) is 25.9 Å². The van der Waals surface area contributed by atoms with Crippen molar-refractivity contribution in [3.63, 3.8) is 0 Å². The molecule has 1 aromatic carbocycles. The van der Waals surface area contributed by atoms with E-state index < -0.39 is 0 Å². The fraction of sp³-hybridized carbons (Fsp3) is 0.333. The molecule has 1 radical (unpaired) electrons. The average Bonchev–Trinajstić information content (AvgIpc) is 2.29. The van der Waals surface area contributed by atoms with E-state index in [1.54, 1.807) is 12.1 Å². The van der Waals surface area contributed by atoms with Gasteiger partial charge in [0.25, 0.3) is 0 Å². The molecule has 4 heteroatoms. The van der Waals surface area contributed by atoms with Gasteiger partial charge in [0.2, 0.25) is 0 Å². The van der Waals surface area contributed by atoms with Crippen molar-refractivity contribution in [3.8, 4) is 0 Å². The van der Waals surface area contributed by atoms with Gasteiger partial charge in [-0.3, -0.25) is 5.41 Å². The van der Waals surface area contributed by atoms with Gasteiger partial charge < -0.3 is 10.5 Å². The molecule has 3 N–H and O–H groups in total. The summed E-state index contributed by atoms with van der Waals surface area (Å²) in [6.07, 6.45) is 1.42. The van der Waals surface area contributed by atoms with Crippen LogP contribution in [0.3, 0.4) is 0 Å². The summed E-state index contributed by atoms with van der Waals surface area (Å²) in [5, 5.41) is 7.26. The number of benzene rings is 1. The van der Waals surface area contributed by atoms with E-state index in [0.29, 0.717) is 5.56 Å². The lowest BCUT2D eigenvalue weighted by Gasteiger charge is -2.14. The molecule has 0 heterocycles. The summed E-state index contributed by atoms with van der Waals surface area (Å²) in [6, 6.07) is 7.12. The highest BCUT2D eigenvalue weighted by atomic mass is 16.5. The summed E-state index contributed by atoms with van der Waals surface area (Å²) in [5.41, 5.74) is 6.91. The molecule has 1 unspecified atom stereocenters. The van der Waals surface area contributed by atoms with Crippen LogP contribution in [-0.4, -0.2) is 12.3 Å². The van der Waals surface area contributed by atoms with E-state index in [1.165, 1.54) is 6.47 Å². The molecule has 0 spiro atoms. The molecule has 16 heavy (non-hydrogen) atoms. The molecular formula is C12H15N2O2. The van der Waals surface area contributed by atoms with Crippen LogP contribution in [0.2, 0.25) is 0 Å². The number of amidine groups is 1. The summed E-state index contributed by atoms with van der Waals surface area (Å²) >= 11 is 0. The van der Waals surface area contributed by atoms with Crippen molar-refractivity contribution >= 4 is 12.3 Å². The highest BCUT2D eigenvalue weighted by Crippen LogP contribution is 2.22. The Bertz CT molecular complexity index is 360. The number of nitrogens with two attached hydrogens (primary N) is 1. The van der Waals surface area contributed by atoms with E-state index in [-0.39, 0.29) is 11.9 Å². The van der Waals surface area contributed by atoms with E-state index in [2.05, 4.69) is 0 Å². The van der Waals surface area contributed by atoms with Crippen LogP contribution in [0.25, 0.3) is 0 Å². The predicted molar refractivity (Wildman–Crippen MR) is 61.9 cm³/mol. The van der Waals surface area contributed by atoms with Gasteiger partial charge in [-0.15, -0.1) is 0 Å². The van der Waals surface area contributed by atoms with Crippen LogP contribution < -0.4 is 5.73 Å². The van der Waals surface area contributed by atoms with Crippen LogP contribution in [0.5, 0.6) is 0 Å². The van der Waals surface area contributed by atoms with Crippen molar-refractivity contribution < 1.29 is 9.53 Å². The molecule has 0 amide bonds. The fourth-order valence-electron chi connectivity index (χ4n) is 1.49. The zero-order chi connectivity index (χ0) is 12.0. The zero-order valence-corrected chi connectivity index (χ0v) is 9.19. The summed E-state index contributed by atoms with van der Waals surface area (Å²) in [6.45, 7) is 3.49. The molecule has 0 bridgehead atoms. The number of nitrogens with one attached hydrogen (secondary N) is 1. The standard InChI is InChI=1S/C12H15N2O2/c1-2-3-11(16-8-15)9-4-6-10(7-5-9)12(13)14/h4-7,11H,2-3H2,1H3,(H3,13,14). The number of hydrogen-bond acceptors (Lipinski definition) is 3. The highest BCUT2D eigenvalue weighted by Gasteiger charge is 2.11. The highest BCUT2D eigenvalue weighted by molar-refractivity contribution is 5.94. The number of hydrogen-bond donors (Lipinski definition) is 2. The van der Waals surface area contributed by atoms with Crippen molar-refractivity contribution in [1.29, 1.82) is 5.41 Å². The maximum Gasteiger partial charge on any atom is 0.418 e. The van der Waals surface area contributed by atoms with Crippen molar-refractivity contribution in [2.24, 2.45) is 5.73 Å². The Hall–Kier alpha value is -1.84. The molecule has 1 atom stereocenters. The molecular weight excluding hydrogens is 204 g/mol. The monoisotopic (exact) mass is 219 g/mol. The smallest absolute Gasteiger partial charge is 0.418 e. The van der Waals surface area contributed by atoms with Crippen LogP contribution in [0.15, 0.2) is 24.3 Å². The molecule has 0 aliphatic heterocycles. The molecule has 0 saturated heterocycles. The maximum atomic E-state index is 10.2. The van der Waals surface area contributed by atoms with E-state index >= 15 is 0 Å². The first-order chi connectivity index (χ1) is 7.69. The fourth-order valence-corrected chi connectivity index (χ4v) is 1.49. The molecule has 85 valence electrons. The number of nitrogen functional groups attached to an aromatic ring is 1. The van der Waals surface area contributed by atoms with E-state index in [4.69, 9.17) is 15.9 Å². The first-order valence-electron chi connectivity index (χ1n) is 5.16. The Morgan fingerprint density at radius 2 is 2.12 bits per heavy atom. The van der Waals surface area contributed by atoms with E-state index in [9.17, 15) is 4.79 Å². The molecule has 0 saturated carbocycles. The van der Waals surface area contributed by atoms with E-state index in [0.717, 1.165) is 18.4 Å². The third-order valence-electron chi connectivity index (χ3n) is 2.33. The molecule has 0 aliphatic carbocycles. The van der Waals surface area contributed by atoms with Crippen LogP contribution in [0.4, 0.5) is 0 Å². The topological polar surface area (TPSA) is 76.2 Å². The first-order valence-corrected chi connectivity index (χ1v) is 5.16. The molecule has 1 rings (SSSR count). The molecule has 0 aliphatic rings. The first kappa shape index (κ1) is 12.2. The van der Waals surface area contributed by atoms with Crippen LogP contribution in [0.1, 0.15) is 37.0 Å². The average molecular weight is 219 g/mol. The Morgan fingerprint density at radius 1 is 1.50 bits per heavy atom. The van der Waals surface area contributed by atoms with Gasteiger partial charge in [0.1, 0.15) is 11.9 Å². The van der Waals surface area contributed by atoms with Gasteiger partial charge in [-0.05, 0) is 12.0 Å². The minimum Gasteiger partial charge on any atom is -0.449 e. The van der Waals surface area contributed by atoms with Gasteiger partial charge in [0.15, 0.2) is 0 Å². The minimum atomic E-state index is -0.261. The number of rotatable bonds is 6.